The van der Waals surface area contributed by atoms with Crippen molar-refractivity contribution in [3.63, 3.8) is 0 Å². The van der Waals surface area contributed by atoms with Crippen LogP contribution in [0, 0.1) is 0 Å². The van der Waals surface area contributed by atoms with E-state index in [1.165, 1.54) is 25.7 Å². The van der Waals surface area contributed by atoms with Crippen molar-refractivity contribution in [3.8, 4) is 0 Å². The van der Waals surface area contributed by atoms with Gasteiger partial charge in [-0.15, -0.1) is 0 Å². The van der Waals surface area contributed by atoms with Gasteiger partial charge in [-0.1, -0.05) is 63.8 Å². The molecule has 2 N–H and O–H groups in total. The first-order chi connectivity index (χ1) is 14.2. The van der Waals surface area contributed by atoms with Crippen molar-refractivity contribution in [1.82, 2.24) is 15.5 Å². The third kappa shape index (κ3) is 15.9. The van der Waals surface area contributed by atoms with E-state index in [9.17, 15) is 9.59 Å². The Bertz CT molecular complexity index is 464. The minimum Gasteiger partial charge on any atom is -0.372 e. The van der Waals surface area contributed by atoms with Crippen LogP contribution in [0.3, 0.4) is 0 Å². The van der Waals surface area contributed by atoms with Gasteiger partial charge in [0.15, 0.2) is 0 Å². The van der Waals surface area contributed by atoms with Gasteiger partial charge in [-0.05, 0) is 12.8 Å². The molecule has 1 saturated heterocycles. The smallest absolute Gasteiger partial charge is 0.223 e. The lowest BCUT2D eigenvalue weighted by molar-refractivity contribution is -0.120. The number of amides is 2. The molecular formula is C23H41N3O3. The van der Waals surface area contributed by atoms with E-state index >= 15 is 0 Å². The highest BCUT2D eigenvalue weighted by molar-refractivity contribution is 5.77. The molecule has 1 fully saturated rings. The molecule has 6 nitrogen and oxygen atoms in total. The first kappa shape index (κ1) is 25.4. The normalized spacial score (nSPS) is 16.0. The van der Waals surface area contributed by atoms with Gasteiger partial charge in [-0.3, -0.25) is 14.5 Å². The third-order valence-corrected chi connectivity index (χ3v) is 4.75. The summed E-state index contributed by atoms with van der Waals surface area (Å²) in [5.74, 6) is 0.118. The lowest BCUT2D eigenvalue weighted by atomic mass is 10.2. The quantitative estimate of drug-likeness (QED) is 0.208. The van der Waals surface area contributed by atoms with E-state index in [0.717, 1.165) is 39.1 Å². The van der Waals surface area contributed by atoms with E-state index in [0.29, 0.717) is 32.0 Å². The zero-order valence-corrected chi connectivity index (χ0v) is 18.5. The number of hydrogen-bond acceptors (Lipinski definition) is 4. The second-order valence-corrected chi connectivity index (χ2v) is 7.59. The fourth-order valence-electron chi connectivity index (χ4n) is 2.87. The Balaban J connectivity index is 2.16. The van der Waals surface area contributed by atoms with E-state index in [1.54, 1.807) is 0 Å². The molecule has 166 valence electrons. The highest BCUT2D eigenvalue weighted by atomic mass is 16.6. The van der Waals surface area contributed by atoms with Gasteiger partial charge in [0, 0.05) is 45.6 Å². The predicted molar refractivity (Wildman–Crippen MR) is 119 cm³/mol. The zero-order chi connectivity index (χ0) is 21.2. The van der Waals surface area contributed by atoms with Gasteiger partial charge in [0.05, 0.1) is 12.7 Å². The average Bonchev–Trinajstić information content (AvgIpc) is 3.51. The summed E-state index contributed by atoms with van der Waals surface area (Å²) in [6.07, 6.45) is 16.0. The van der Waals surface area contributed by atoms with Crippen LogP contribution in [0.1, 0.15) is 65.2 Å². The van der Waals surface area contributed by atoms with Crippen LogP contribution in [0.5, 0.6) is 0 Å². The van der Waals surface area contributed by atoms with Crippen LogP contribution in [0.4, 0.5) is 0 Å². The number of allylic oxidation sites excluding steroid dienone is 2. The van der Waals surface area contributed by atoms with E-state index < -0.39 is 0 Å². The fourth-order valence-corrected chi connectivity index (χ4v) is 2.87. The summed E-state index contributed by atoms with van der Waals surface area (Å²) in [7, 11) is 0. The van der Waals surface area contributed by atoms with E-state index in [1.807, 2.05) is 12.2 Å². The highest BCUT2D eigenvalue weighted by Crippen LogP contribution is 2.10. The molecule has 0 radical (unpaired) electrons. The predicted octanol–water partition coefficient (Wildman–Crippen LogP) is 3.19. The van der Waals surface area contributed by atoms with E-state index in [-0.39, 0.29) is 11.8 Å². The zero-order valence-electron chi connectivity index (χ0n) is 18.5. The molecule has 1 aliphatic heterocycles. The molecule has 29 heavy (non-hydrogen) atoms. The minimum absolute atomic E-state index is 0.0588. The van der Waals surface area contributed by atoms with Gasteiger partial charge in [0.25, 0.3) is 0 Å². The lowest BCUT2D eigenvalue weighted by Gasteiger charge is -2.21. The molecule has 0 aromatic carbocycles. The number of ether oxygens (including phenoxy) is 1. The summed E-state index contributed by atoms with van der Waals surface area (Å²) < 4.78 is 5.33. The number of epoxide rings is 1. The molecule has 6 heteroatoms. The van der Waals surface area contributed by atoms with Gasteiger partial charge in [-0.2, -0.15) is 0 Å². The summed E-state index contributed by atoms with van der Waals surface area (Å²) in [5, 5.41) is 5.94. The molecule has 0 spiro atoms. The number of carbonyl (C=O) groups excluding carboxylic acids is 2. The molecular weight excluding hydrogens is 366 g/mol. The number of nitrogens with one attached hydrogen (secondary N) is 2. The van der Waals surface area contributed by atoms with Crippen LogP contribution in [0.15, 0.2) is 24.3 Å². The Kier molecular flexibility index (Phi) is 15.1. The molecule has 1 rings (SSSR count). The second kappa shape index (κ2) is 17.2. The summed E-state index contributed by atoms with van der Waals surface area (Å²) >= 11 is 0. The largest absolute Gasteiger partial charge is 0.372 e. The second-order valence-electron chi connectivity index (χ2n) is 7.59. The molecule has 1 unspecified atom stereocenters. The average molecular weight is 408 g/mol. The van der Waals surface area contributed by atoms with Gasteiger partial charge in [0.2, 0.25) is 11.8 Å². The SMILES string of the molecule is CCCC/C=C/CC(=O)NCCN(CCNC(=O)C/C=C/CCCC)CC1CO1. The summed E-state index contributed by atoms with van der Waals surface area (Å²) in [6, 6.07) is 0. The van der Waals surface area contributed by atoms with Crippen LogP contribution in [0.2, 0.25) is 0 Å². The minimum atomic E-state index is 0.0588. The maximum absolute atomic E-state index is 11.9. The molecule has 2 amide bonds. The Labute approximate surface area is 177 Å². The van der Waals surface area contributed by atoms with Crippen LogP contribution in [0.25, 0.3) is 0 Å². The van der Waals surface area contributed by atoms with Gasteiger partial charge in [0.1, 0.15) is 0 Å². The first-order valence-electron chi connectivity index (χ1n) is 11.3. The Hall–Kier alpha value is -1.66. The van der Waals surface area contributed by atoms with Crippen molar-refractivity contribution in [2.75, 3.05) is 39.3 Å². The van der Waals surface area contributed by atoms with Crippen molar-refractivity contribution >= 4 is 11.8 Å². The Morgan fingerprint density at radius 3 is 1.79 bits per heavy atom. The number of rotatable bonds is 18. The van der Waals surface area contributed by atoms with E-state index in [4.69, 9.17) is 4.74 Å². The number of carbonyl (C=O) groups is 2. The molecule has 1 heterocycles. The van der Waals surface area contributed by atoms with Crippen LogP contribution in [-0.2, 0) is 14.3 Å². The molecule has 0 bridgehead atoms. The van der Waals surface area contributed by atoms with Crippen molar-refractivity contribution in [1.29, 1.82) is 0 Å². The van der Waals surface area contributed by atoms with Gasteiger partial charge < -0.3 is 15.4 Å². The molecule has 1 atom stereocenters. The first-order valence-corrected chi connectivity index (χ1v) is 11.3. The maximum atomic E-state index is 11.9. The van der Waals surface area contributed by atoms with Crippen molar-refractivity contribution in [3.05, 3.63) is 24.3 Å². The lowest BCUT2D eigenvalue weighted by Crippen LogP contribution is -2.41. The molecule has 0 aromatic heterocycles. The molecule has 1 aliphatic rings. The molecule has 0 aliphatic carbocycles. The maximum Gasteiger partial charge on any atom is 0.223 e. The summed E-state index contributed by atoms with van der Waals surface area (Å²) in [6.45, 7) is 8.73. The van der Waals surface area contributed by atoms with Gasteiger partial charge >= 0.3 is 0 Å². The van der Waals surface area contributed by atoms with Crippen LogP contribution >= 0.6 is 0 Å². The van der Waals surface area contributed by atoms with Crippen LogP contribution in [-0.4, -0.2) is 62.1 Å². The standard InChI is InChI=1S/C23H41N3O3/c1-3-5-7-9-11-13-22(27)24-15-17-26(19-21-20-29-21)18-16-25-23(28)14-12-10-8-6-4-2/h9-12,21H,3-8,13-20H2,1-2H3,(H,24,27)(H,25,28)/b11-9+,12-10+. The highest BCUT2D eigenvalue weighted by Gasteiger charge is 2.25. The Morgan fingerprint density at radius 1 is 0.897 bits per heavy atom. The van der Waals surface area contributed by atoms with Gasteiger partial charge in [-0.25, -0.2) is 0 Å². The number of unbranched alkanes of at least 4 members (excludes halogenated alkanes) is 4. The summed E-state index contributed by atoms with van der Waals surface area (Å²) in [5.41, 5.74) is 0. The number of hydrogen-bond donors (Lipinski definition) is 2. The third-order valence-electron chi connectivity index (χ3n) is 4.75. The molecule has 0 saturated carbocycles. The van der Waals surface area contributed by atoms with Crippen molar-refractivity contribution in [2.24, 2.45) is 0 Å². The van der Waals surface area contributed by atoms with Crippen molar-refractivity contribution in [2.45, 2.75) is 71.3 Å². The van der Waals surface area contributed by atoms with Crippen LogP contribution < -0.4 is 10.6 Å². The molecule has 0 aromatic rings. The number of nitrogens with zero attached hydrogens (tertiary/aromatic N) is 1. The topological polar surface area (TPSA) is 74.0 Å². The Morgan fingerprint density at radius 2 is 1.38 bits per heavy atom. The fraction of sp³-hybridized carbons (Fsp3) is 0.739. The van der Waals surface area contributed by atoms with E-state index in [2.05, 4.69) is 41.5 Å². The van der Waals surface area contributed by atoms with Crippen molar-refractivity contribution < 1.29 is 14.3 Å². The monoisotopic (exact) mass is 407 g/mol. The summed E-state index contributed by atoms with van der Waals surface area (Å²) in [4.78, 5) is 26.0.